The Bertz CT molecular complexity index is 535. The normalized spacial score (nSPS) is 20.0. The second kappa shape index (κ2) is 6.91. The van der Waals surface area contributed by atoms with Gasteiger partial charge in [-0.3, -0.25) is 9.59 Å². The maximum atomic E-state index is 12.5. The number of rotatable bonds is 5. The molecule has 2 heterocycles. The van der Waals surface area contributed by atoms with E-state index in [1.165, 1.54) is 0 Å². The molecule has 1 N–H and O–H groups in total. The van der Waals surface area contributed by atoms with E-state index in [0.29, 0.717) is 19.6 Å². The lowest BCUT2D eigenvalue weighted by Gasteiger charge is -2.35. The topological polar surface area (TPSA) is 92.9 Å². The molecule has 0 aliphatic carbocycles. The summed E-state index contributed by atoms with van der Waals surface area (Å²) in [5.41, 5.74) is 1.75. The molecule has 0 saturated carbocycles. The van der Waals surface area contributed by atoms with E-state index >= 15 is 0 Å². The first kappa shape index (κ1) is 16.5. The molecule has 1 aliphatic heterocycles. The number of nitrogens with zero attached hydrogens (tertiary/aromatic N) is 2. The molecule has 7 heteroatoms. The molecule has 1 amide bonds. The number of amides is 1. The first-order chi connectivity index (χ1) is 10.4. The number of hydrogen-bond acceptors (Lipinski definition) is 5. The highest BCUT2D eigenvalue weighted by Crippen LogP contribution is 2.27. The van der Waals surface area contributed by atoms with Gasteiger partial charge in [0.25, 0.3) is 0 Å². The van der Waals surface area contributed by atoms with Crippen LogP contribution in [0.3, 0.4) is 0 Å². The van der Waals surface area contributed by atoms with Crippen LogP contribution >= 0.6 is 0 Å². The average molecular weight is 310 g/mol. The minimum atomic E-state index is -0.924. The molecule has 1 aliphatic rings. The lowest BCUT2D eigenvalue weighted by Crippen LogP contribution is -2.49. The smallest absolute Gasteiger partial charge is 0.305 e. The number of hydrogen-bond donors (Lipinski definition) is 1. The van der Waals surface area contributed by atoms with E-state index in [9.17, 15) is 9.59 Å². The predicted octanol–water partition coefficient (Wildman–Crippen LogP) is 1.49. The molecule has 1 aromatic heterocycles. The Balaban J connectivity index is 2.05. The van der Waals surface area contributed by atoms with Crippen LogP contribution in [0.15, 0.2) is 4.52 Å². The summed E-state index contributed by atoms with van der Waals surface area (Å²) in [6.07, 6.45) is 0.213. The summed E-state index contributed by atoms with van der Waals surface area (Å²) in [5.74, 6) is -0.275. The second-order valence-electron chi connectivity index (χ2n) is 5.76. The van der Waals surface area contributed by atoms with Crippen LogP contribution < -0.4 is 0 Å². The largest absolute Gasteiger partial charge is 0.481 e. The van der Waals surface area contributed by atoms with Crippen LogP contribution in [0.1, 0.15) is 42.7 Å². The summed E-state index contributed by atoms with van der Waals surface area (Å²) in [6, 6.07) is -0.393. The van der Waals surface area contributed by atoms with Gasteiger partial charge in [-0.25, -0.2) is 0 Å². The van der Waals surface area contributed by atoms with Crippen molar-refractivity contribution in [2.75, 3.05) is 19.8 Å². The summed E-state index contributed by atoms with van der Waals surface area (Å²) in [6.45, 7) is 6.80. The Labute approximate surface area is 129 Å². The molecule has 1 saturated heterocycles. The molecule has 2 atom stereocenters. The summed E-state index contributed by atoms with van der Waals surface area (Å²) in [7, 11) is 0. The quantitative estimate of drug-likeness (QED) is 0.885. The zero-order valence-electron chi connectivity index (χ0n) is 13.2. The van der Waals surface area contributed by atoms with Crippen molar-refractivity contribution in [2.24, 2.45) is 0 Å². The van der Waals surface area contributed by atoms with Gasteiger partial charge in [0.2, 0.25) is 5.91 Å². The molecule has 2 unspecified atom stereocenters. The number of ether oxygens (including phenoxy) is 1. The molecule has 1 aromatic rings. The van der Waals surface area contributed by atoms with Crippen LogP contribution in [0, 0.1) is 13.8 Å². The number of carbonyl (C=O) groups is 2. The van der Waals surface area contributed by atoms with E-state index in [2.05, 4.69) is 5.16 Å². The lowest BCUT2D eigenvalue weighted by atomic mass is 9.95. The van der Waals surface area contributed by atoms with Crippen molar-refractivity contribution in [1.29, 1.82) is 0 Å². The monoisotopic (exact) mass is 310 g/mol. The molecule has 0 aromatic carbocycles. The summed E-state index contributed by atoms with van der Waals surface area (Å²) < 4.78 is 10.4. The van der Waals surface area contributed by atoms with Crippen LogP contribution in [0.2, 0.25) is 0 Å². The van der Waals surface area contributed by atoms with Crippen molar-refractivity contribution >= 4 is 11.9 Å². The van der Waals surface area contributed by atoms with Crippen LogP contribution in [0.4, 0.5) is 0 Å². The lowest BCUT2D eigenvalue weighted by molar-refractivity contribution is -0.146. The molecule has 2 rings (SSSR count). The number of aryl methyl sites for hydroxylation is 2. The van der Waals surface area contributed by atoms with Crippen molar-refractivity contribution in [3.8, 4) is 0 Å². The second-order valence-corrected chi connectivity index (χ2v) is 5.76. The van der Waals surface area contributed by atoms with Gasteiger partial charge in [-0.1, -0.05) is 12.1 Å². The number of aromatic nitrogens is 1. The fourth-order valence-electron chi connectivity index (χ4n) is 3.03. The van der Waals surface area contributed by atoms with Gasteiger partial charge in [0.15, 0.2) is 0 Å². The van der Waals surface area contributed by atoms with Gasteiger partial charge in [-0.2, -0.15) is 0 Å². The fraction of sp³-hybridized carbons (Fsp3) is 0.667. The first-order valence-corrected chi connectivity index (χ1v) is 7.42. The third-order valence-electron chi connectivity index (χ3n) is 4.02. The van der Waals surface area contributed by atoms with Crippen molar-refractivity contribution in [3.63, 3.8) is 0 Å². The van der Waals surface area contributed by atoms with E-state index in [1.54, 1.807) is 4.90 Å². The zero-order valence-corrected chi connectivity index (χ0v) is 13.2. The van der Waals surface area contributed by atoms with E-state index in [0.717, 1.165) is 17.0 Å². The summed E-state index contributed by atoms with van der Waals surface area (Å²) in [4.78, 5) is 25.1. The number of aliphatic carboxylic acids is 1. The van der Waals surface area contributed by atoms with Crippen LogP contribution in [0.25, 0.3) is 0 Å². The van der Waals surface area contributed by atoms with Gasteiger partial charge in [-0.15, -0.1) is 0 Å². The summed E-state index contributed by atoms with van der Waals surface area (Å²) in [5, 5.41) is 12.9. The van der Waals surface area contributed by atoms with Gasteiger partial charge in [0.05, 0.1) is 31.4 Å². The minimum Gasteiger partial charge on any atom is -0.481 e. The maximum Gasteiger partial charge on any atom is 0.305 e. The van der Waals surface area contributed by atoms with E-state index in [4.69, 9.17) is 14.4 Å². The van der Waals surface area contributed by atoms with Crippen LogP contribution in [0.5, 0.6) is 0 Å². The fourth-order valence-corrected chi connectivity index (χ4v) is 3.03. The van der Waals surface area contributed by atoms with Gasteiger partial charge < -0.3 is 19.3 Å². The number of morpholine rings is 1. The highest BCUT2D eigenvalue weighted by Gasteiger charge is 2.30. The third-order valence-corrected chi connectivity index (χ3v) is 4.02. The predicted molar refractivity (Wildman–Crippen MR) is 77.6 cm³/mol. The van der Waals surface area contributed by atoms with Crippen molar-refractivity contribution in [3.05, 3.63) is 17.0 Å². The minimum absolute atomic E-state index is 0.0212. The van der Waals surface area contributed by atoms with Crippen molar-refractivity contribution in [1.82, 2.24) is 10.1 Å². The molecule has 0 bridgehead atoms. The van der Waals surface area contributed by atoms with Crippen molar-refractivity contribution < 1.29 is 24.0 Å². The standard InChI is InChI=1S/C15H22N2O5/c1-9(15-10(2)16-22-11(15)3)6-13(18)17-4-5-21-8-12(17)7-14(19)20/h9,12H,4-8H2,1-3H3,(H,19,20). The zero-order chi connectivity index (χ0) is 16.3. The molecule has 0 radical (unpaired) electrons. The van der Waals surface area contributed by atoms with Gasteiger partial charge >= 0.3 is 5.97 Å². The molecule has 1 fully saturated rings. The first-order valence-electron chi connectivity index (χ1n) is 7.42. The van der Waals surface area contributed by atoms with Gasteiger partial charge in [-0.05, 0) is 19.8 Å². The Morgan fingerprint density at radius 2 is 2.18 bits per heavy atom. The Morgan fingerprint density at radius 1 is 1.45 bits per heavy atom. The number of carbonyl (C=O) groups excluding carboxylic acids is 1. The van der Waals surface area contributed by atoms with Crippen LogP contribution in [-0.2, 0) is 14.3 Å². The molecule has 7 nitrogen and oxygen atoms in total. The number of carboxylic acids is 1. The molecule has 0 spiro atoms. The van der Waals surface area contributed by atoms with E-state index in [1.807, 2.05) is 20.8 Å². The van der Waals surface area contributed by atoms with E-state index < -0.39 is 12.0 Å². The Morgan fingerprint density at radius 3 is 2.77 bits per heavy atom. The maximum absolute atomic E-state index is 12.5. The average Bonchev–Trinajstić information content (AvgIpc) is 2.78. The molecule has 22 heavy (non-hydrogen) atoms. The van der Waals surface area contributed by atoms with Crippen LogP contribution in [-0.4, -0.2) is 52.8 Å². The molecule has 122 valence electrons. The van der Waals surface area contributed by atoms with Gasteiger partial charge in [0.1, 0.15) is 5.76 Å². The van der Waals surface area contributed by atoms with Crippen molar-refractivity contribution in [2.45, 2.75) is 45.6 Å². The number of carboxylic acid groups (broad SMARTS) is 1. The molecular formula is C15H22N2O5. The summed E-state index contributed by atoms with van der Waals surface area (Å²) >= 11 is 0. The van der Waals surface area contributed by atoms with Gasteiger partial charge in [0, 0.05) is 18.5 Å². The Kier molecular flexibility index (Phi) is 5.18. The third kappa shape index (κ3) is 3.65. The SMILES string of the molecule is Cc1noc(C)c1C(C)CC(=O)N1CCOCC1CC(=O)O. The molecular weight excluding hydrogens is 288 g/mol. The van der Waals surface area contributed by atoms with E-state index in [-0.39, 0.29) is 24.9 Å². The highest BCUT2D eigenvalue weighted by molar-refractivity contribution is 5.78. The Hall–Kier alpha value is -1.89. The highest BCUT2D eigenvalue weighted by atomic mass is 16.5.